The van der Waals surface area contributed by atoms with Crippen LogP contribution in [-0.2, 0) is 28.5 Å². The van der Waals surface area contributed by atoms with Gasteiger partial charge in [-0.25, -0.2) is 0 Å². The molecular formula is C34H60O6S. The van der Waals surface area contributed by atoms with Crippen molar-refractivity contribution in [3.05, 3.63) is 29.8 Å². The third kappa shape index (κ3) is 18.3. The molecule has 1 fully saturated rings. The van der Waals surface area contributed by atoms with E-state index in [4.69, 9.17) is 18.4 Å². The molecule has 0 saturated carbocycles. The highest BCUT2D eigenvalue weighted by Gasteiger charge is 2.25. The number of rotatable bonds is 27. The maximum absolute atomic E-state index is 12.2. The molecule has 238 valence electrons. The van der Waals surface area contributed by atoms with E-state index in [0.29, 0.717) is 12.5 Å². The summed E-state index contributed by atoms with van der Waals surface area (Å²) in [6, 6.07) is 6.75. The molecule has 0 spiro atoms. The van der Waals surface area contributed by atoms with Gasteiger partial charge < -0.3 is 14.2 Å². The van der Waals surface area contributed by atoms with Crippen LogP contribution in [0.2, 0.25) is 0 Å². The molecule has 0 bridgehead atoms. The topological polar surface area (TPSA) is 71.1 Å². The van der Waals surface area contributed by atoms with Crippen molar-refractivity contribution in [1.29, 1.82) is 0 Å². The standard InChI is InChI=1S/C34H60O6S/c1-3-4-5-6-7-8-9-10-11-12-14-17-24-37-28-32-27-33(39-29-32)30-38-25-18-15-13-16-19-26-40-41(35,36)34-22-20-31(2)21-23-34/h20-23,32-33H,3-19,24-30H2,1-2H3. The monoisotopic (exact) mass is 596 g/mol. The maximum Gasteiger partial charge on any atom is 0.296 e. The maximum atomic E-state index is 12.2. The van der Waals surface area contributed by atoms with E-state index in [1.54, 1.807) is 24.3 Å². The average Bonchev–Trinajstić information content (AvgIpc) is 3.42. The lowest BCUT2D eigenvalue weighted by Crippen LogP contribution is -2.15. The van der Waals surface area contributed by atoms with Gasteiger partial charge in [-0.3, -0.25) is 4.18 Å². The number of aryl methyl sites for hydroxylation is 1. The van der Waals surface area contributed by atoms with Gasteiger partial charge in [0, 0.05) is 19.1 Å². The van der Waals surface area contributed by atoms with Crippen LogP contribution in [0.25, 0.3) is 0 Å². The highest BCUT2D eigenvalue weighted by Crippen LogP contribution is 2.21. The third-order valence-electron chi connectivity index (χ3n) is 7.94. The molecule has 6 nitrogen and oxygen atoms in total. The predicted octanol–water partition coefficient (Wildman–Crippen LogP) is 8.79. The Bertz CT molecular complexity index is 841. The molecule has 41 heavy (non-hydrogen) atoms. The first-order valence-corrected chi connectivity index (χ1v) is 18.1. The van der Waals surface area contributed by atoms with Gasteiger partial charge in [0.15, 0.2) is 0 Å². The van der Waals surface area contributed by atoms with Crippen molar-refractivity contribution >= 4 is 10.1 Å². The van der Waals surface area contributed by atoms with Crippen LogP contribution >= 0.6 is 0 Å². The smallest absolute Gasteiger partial charge is 0.296 e. The summed E-state index contributed by atoms with van der Waals surface area (Å²) in [5, 5.41) is 0. The first-order valence-electron chi connectivity index (χ1n) is 16.7. The molecule has 1 aliphatic heterocycles. The van der Waals surface area contributed by atoms with Gasteiger partial charge in [0.2, 0.25) is 0 Å². The van der Waals surface area contributed by atoms with E-state index in [9.17, 15) is 8.42 Å². The lowest BCUT2D eigenvalue weighted by molar-refractivity contribution is 0.0140. The second-order valence-corrected chi connectivity index (χ2v) is 13.6. The zero-order valence-corrected chi connectivity index (χ0v) is 27.1. The van der Waals surface area contributed by atoms with Crippen LogP contribution in [0.4, 0.5) is 0 Å². The van der Waals surface area contributed by atoms with Crippen molar-refractivity contribution < 1.29 is 26.8 Å². The normalized spacial score (nSPS) is 17.4. The Hall–Kier alpha value is -0.990. The van der Waals surface area contributed by atoms with Crippen LogP contribution in [0.3, 0.4) is 0 Å². The molecular weight excluding hydrogens is 536 g/mol. The van der Waals surface area contributed by atoms with Crippen molar-refractivity contribution in [3.8, 4) is 0 Å². The molecule has 7 heteroatoms. The van der Waals surface area contributed by atoms with Gasteiger partial charge in [-0.2, -0.15) is 8.42 Å². The van der Waals surface area contributed by atoms with Crippen molar-refractivity contribution in [2.24, 2.45) is 5.92 Å². The van der Waals surface area contributed by atoms with Crippen molar-refractivity contribution in [1.82, 2.24) is 0 Å². The van der Waals surface area contributed by atoms with Gasteiger partial charge in [-0.05, 0) is 44.7 Å². The van der Waals surface area contributed by atoms with E-state index < -0.39 is 10.1 Å². The lowest BCUT2D eigenvalue weighted by atomic mass is 10.1. The Labute approximate surface area is 252 Å². The number of unbranched alkanes of at least 4 members (excludes halogenated alkanes) is 15. The summed E-state index contributed by atoms with van der Waals surface area (Å²) in [6.45, 7) is 8.33. The molecule has 0 N–H and O–H groups in total. The molecule has 0 aliphatic carbocycles. The first kappa shape index (κ1) is 36.2. The molecule has 2 atom stereocenters. The van der Waals surface area contributed by atoms with E-state index in [1.165, 1.54) is 77.0 Å². The minimum absolute atomic E-state index is 0.197. The Morgan fingerprint density at radius 2 is 1.17 bits per heavy atom. The molecule has 0 aromatic heterocycles. The molecule has 1 heterocycles. The van der Waals surface area contributed by atoms with Crippen LogP contribution < -0.4 is 0 Å². The summed E-state index contributed by atoms with van der Waals surface area (Å²) in [5.74, 6) is 0.498. The van der Waals surface area contributed by atoms with Crippen molar-refractivity contribution in [2.45, 2.75) is 140 Å². The van der Waals surface area contributed by atoms with Gasteiger partial charge in [-0.1, -0.05) is 115 Å². The summed E-state index contributed by atoms with van der Waals surface area (Å²) in [5.41, 5.74) is 1.03. The minimum Gasteiger partial charge on any atom is -0.381 e. The summed E-state index contributed by atoms with van der Waals surface area (Å²) in [4.78, 5) is 0.222. The van der Waals surface area contributed by atoms with Gasteiger partial charge in [-0.15, -0.1) is 0 Å². The fourth-order valence-corrected chi connectivity index (χ4v) is 6.24. The van der Waals surface area contributed by atoms with E-state index in [1.807, 2.05) is 6.92 Å². The van der Waals surface area contributed by atoms with E-state index in [2.05, 4.69) is 6.92 Å². The second-order valence-electron chi connectivity index (χ2n) is 12.0. The highest BCUT2D eigenvalue weighted by molar-refractivity contribution is 7.86. The number of benzene rings is 1. The van der Waals surface area contributed by atoms with E-state index >= 15 is 0 Å². The molecule has 2 rings (SSSR count). The van der Waals surface area contributed by atoms with Crippen molar-refractivity contribution in [3.63, 3.8) is 0 Å². The zero-order chi connectivity index (χ0) is 29.4. The van der Waals surface area contributed by atoms with Crippen LogP contribution in [-0.4, -0.2) is 54.2 Å². The zero-order valence-electron chi connectivity index (χ0n) is 26.3. The number of ether oxygens (including phenoxy) is 3. The Balaban J connectivity index is 1.31. The quantitative estimate of drug-likeness (QED) is 0.0747. The molecule has 1 aromatic rings. The van der Waals surface area contributed by atoms with Crippen LogP contribution in [0, 0.1) is 12.8 Å². The summed E-state index contributed by atoms with van der Waals surface area (Å²) in [7, 11) is -3.65. The van der Waals surface area contributed by atoms with Crippen molar-refractivity contribution in [2.75, 3.05) is 39.6 Å². The Kier molecular flexibility index (Phi) is 20.7. The molecule has 2 unspecified atom stereocenters. The van der Waals surface area contributed by atoms with E-state index in [-0.39, 0.29) is 17.6 Å². The first-order chi connectivity index (χ1) is 20.0. The molecule has 0 amide bonds. The molecule has 1 aliphatic rings. The fraction of sp³-hybridized carbons (Fsp3) is 0.824. The van der Waals surface area contributed by atoms with Crippen LogP contribution in [0.15, 0.2) is 29.2 Å². The predicted molar refractivity (Wildman–Crippen MR) is 168 cm³/mol. The molecule has 0 radical (unpaired) electrons. The van der Waals surface area contributed by atoms with Gasteiger partial charge in [0.25, 0.3) is 10.1 Å². The Morgan fingerprint density at radius 3 is 1.73 bits per heavy atom. The summed E-state index contributed by atoms with van der Waals surface area (Å²) in [6.07, 6.45) is 22.5. The fourth-order valence-electron chi connectivity index (χ4n) is 5.30. The second kappa shape index (κ2) is 23.5. The molecule has 1 aromatic carbocycles. The van der Waals surface area contributed by atoms with E-state index in [0.717, 1.165) is 70.5 Å². The number of hydrogen-bond donors (Lipinski definition) is 0. The largest absolute Gasteiger partial charge is 0.381 e. The molecule has 1 saturated heterocycles. The SMILES string of the molecule is CCCCCCCCCCCCCCOCC1COC(COCCCCCCCOS(=O)(=O)c2ccc(C)cc2)C1. The lowest BCUT2D eigenvalue weighted by Gasteiger charge is -2.11. The van der Waals surface area contributed by atoms with Crippen LogP contribution in [0.5, 0.6) is 0 Å². The highest BCUT2D eigenvalue weighted by atomic mass is 32.2. The van der Waals surface area contributed by atoms with Gasteiger partial charge >= 0.3 is 0 Å². The average molecular weight is 597 g/mol. The summed E-state index contributed by atoms with van der Waals surface area (Å²) < 4.78 is 47.2. The van der Waals surface area contributed by atoms with Crippen LogP contribution in [0.1, 0.15) is 128 Å². The van der Waals surface area contributed by atoms with Gasteiger partial charge in [0.05, 0.1) is 37.4 Å². The number of hydrogen-bond acceptors (Lipinski definition) is 6. The van der Waals surface area contributed by atoms with Gasteiger partial charge in [0.1, 0.15) is 0 Å². The minimum atomic E-state index is -3.65. The third-order valence-corrected chi connectivity index (χ3v) is 9.27. The Morgan fingerprint density at radius 1 is 0.683 bits per heavy atom. The summed E-state index contributed by atoms with van der Waals surface area (Å²) >= 11 is 0.